The van der Waals surface area contributed by atoms with Crippen LogP contribution in [0.5, 0.6) is 0 Å². The van der Waals surface area contributed by atoms with E-state index in [9.17, 15) is 0 Å². The van der Waals surface area contributed by atoms with Crippen molar-refractivity contribution in [3.05, 3.63) is 218 Å². The van der Waals surface area contributed by atoms with Crippen molar-refractivity contribution in [2.45, 2.75) is 0 Å². The molecule has 7 aromatic rings. The van der Waals surface area contributed by atoms with E-state index in [1.165, 1.54) is 31.8 Å². The topological polar surface area (TPSA) is 31.5 Å². The summed E-state index contributed by atoms with van der Waals surface area (Å²) in [7, 11) is -0.892. The fraction of sp³-hybridized carbons (Fsp3) is 0. The molecule has 7 aromatic carbocycles. The van der Waals surface area contributed by atoms with Gasteiger partial charge in [0.2, 0.25) is 0 Å². The van der Waals surface area contributed by atoms with Crippen LogP contribution in [0.1, 0.15) is 0 Å². The van der Waals surface area contributed by atoms with Gasteiger partial charge in [0.15, 0.2) is 0 Å². The molecule has 7 rings (SSSR count). The standard InChI is InChI=1S/2C18H15P.C6H5.H2O.Pt/c2*1-4-10-16(11-5-1)19(17-12-6-2-7-13-17)18-14-8-3-9-15-18;1-2-4-6-5-3-1;;/h2*1-15H;1-5H;1H2;/q;;-1;;. The van der Waals surface area contributed by atoms with Gasteiger partial charge in [0.05, 0.1) is 0 Å². The molecule has 232 valence electrons. The minimum absolute atomic E-state index is 0. The normalized spacial score (nSPS) is 9.78. The van der Waals surface area contributed by atoms with Crippen LogP contribution in [-0.4, -0.2) is 5.48 Å². The summed E-state index contributed by atoms with van der Waals surface area (Å²) in [6, 6.07) is 77.2. The van der Waals surface area contributed by atoms with E-state index in [1.54, 1.807) is 0 Å². The largest absolute Gasteiger partial charge is 0.412 e. The predicted molar refractivity (Wildman–Crippen MR) is 199 cm³/mol. The molecule has 0 heterocycles. The van der Waals surface area contributed by atoms with Crippen molar-refractivity contribution in [2.75, 3.05) is 0 Å². The van der Waals surface area contributed by atoms with Gasteiger partial charge in [0.25, 0.3) is 0 Å². The van der Waals surface area contributed by atoms with Gasteiger partial charge in [-0.05, 0) is 47.7 Å². The molecular formula is C42H37OP2Pt-. The molecule has 0 saturated carbocycles. The van der Waals surface area contributed by atoms with Gasteiger partial charge in [0.1, 0.15) is 0 Å². The maximum atomic E-state index is 2.89. The maximum absolute atomic E-state index is 2.89. The Morgan fingerprint density at radius 3 is 0.565 bits per heavy atom. The molecule has 1 nitrogen and oxygen atoms in total. The third kappa shape index (κ3) is 11.1. The maximum Gasteiger partial charge on any atom is 0 e. The van der Waals surface area contributed by atoms with Crippen LogP contribution in [0.25, 0.3) is 0 Å². The second kappa shape index (κ2) is 21.0. The summed E-state index contributed by atoms with van der Waals surface area (Å²) in [5.74, 6) is 0. The Morgan fingerprint density at radius 1 is 0.261 bits per heavy atom. The second-order valence-electron chi connectivity index (χ2n) is 9.76. The van der Waals surface area contributed by atoms with Gasteiger partial charge in [-0.25, -0.2) is 0 Å². The molecule has 0 amide bonds. The summed E-state index contributed by atoms with van der Waals surface area (Å²) in [5.41, 5.74) is 0. The fourth-order valence-corrected chi connectivity index (χ4v) is 9.31. The van der Waals surface area contributed by atoms with E-state index in [4.69, 9.17) is 0 Å². The number of hydrogen-bond acceptors (Lipinski definition) is 0. The van der Waals surface area contributed by atoms with Crippen molar-refractivity contribution >= 4 is 47.7 Å². The van der Waals surface area contributed by atoms with Crippen LogP contribution in [0.2, 0.25) is 0 Å². The number of hydrogen-bond donors (Lipinski definition) is 0. The minimum Gasteiger partial charge on any atom is -0.412 e. The second-order valence-corrected chi connectivity index (χ2v) is 14.2. The quantitative estimate of drug-likeness (QED) is 0.123. The van der Waals surface area contributed by atoms with Crippen molar-refractivity contribution in [3.63, 3.8) is 0 Å². The molecule has 0 saturated heterocycles. The Morgan fingerprint density at radius 2 is 0.435 bits per heavy atom. The first kappa shape index (κ1) is 36.5. The molecular weight excluding hydrogens is 777 g/mol. The van der Waals surface area contributed by atoms with Crippen molar-refractivity contribution in [1.82, 2.24) is 0 Å². The van der Waals surface area contributed by atoms with Crippen LogP contribution in [0.3, 0.4) is 0 Å². The average Bonchev–Trinajstić information content (AvgIpc) is 3.13. The first-order chi connectivity index (χ1) is 21.9. The van der Waals surface area contributed by atoms with Crippen LogP contribution in [0.4, 0.5) is 0 Å². The van der Waals surface area contributed by atoms with Gasteiger partial charge in [-0.2, -0.15) is 36.4 Å². The molecule has 0 radical (unpaired) electrons. The van der Waals surface area contributed by atoms with Gasteiger partial charge >= 0.3 is 0 Å². The van der Waals surface area contributed by atoms with Gasteiger partial charge in [-0.1, -0.05) is 182 Å². The monoisotopic (exact) mass is 814 g/mol. The van der Waals surface area contributed by atoms with Crippen molar-refractivity contribution in [3.8, 4) is 0 Å². The van der Waals surface area contributed by atoms with E-state index in [0.29, 0.717) is 0 Å². The summed E-state index contributed by atoms with van der Waals surface area (Å²) in [4.78, 5) is 0. The molecule has 0 atom stereocenters. The van der Waals surface area contributed by atoms with Crippen LogP contribution in [-0.2, 0) is 21.1 Å². The van der Waals surface area contributed by atoms with Gasteiger partial charge in [-0.3, -0.25) is 0 Å². The van der Waals surface area contributed by atoms with Gasteiger partial charge < -0.3 is 5.48 Å². The molecule has 0 aliphatic carbocycles. The van der Waals surface area contributed by atoms with E-state index in [0.717, 1.165) is 0 Å². The van der Waals surface area contributed by atoms with Gasteiger partial charge in [0, 0.05) is 21.1 Å². The molecule has 46 heavy (non-hydrogen) atoms. The first-order valence-electron chi connectivity index (χ1n) is 14.7. The van der Waals surface area contributed by atoms with E-state index in [1.807, 2.05) is 30.3 Å². The number of rotatable bonds is 6. The zero-order chi connectivity index (χ0) is 30.1. The van der Waals surface area contributed by atoms with E-state index in [2.05, 4.69) is 188 Å². The molecule has 0 aliphatic heterocycles. The summed E-state index contributed by atoms with van der Waals surface area (Å²) < 4.78 is 0. The molecule has 0 spiro atoms. The summed E-state index contributed by atoms with van der Waals surface area (Å²) in [5, 5.41) is 8.39. The molecule has 0 aliphatic rings. The van der Waals surface area contributed by atoms with E-state index >= 15 is 0 Å². The Kier molecular flexibility index (Phi) is 16.6. The third-order valence-electron chi connectivity index (χ3n) is 6.69. The van der Waals surface area contributed by atoms with E-state index in [-0.39, 0.29) is 26.5 Å². The molecule has 2 N–H and O–H groups in total. The van der Waals surface area contributed by atoms with Crippen molar-refractivity contribution < 1.29 is 26.5 Å². The first-order valence-corrected chi connectivity index (χ1v) is 17.4. The Labute approximate surface area is 291 Å². The molecule has 4 heteroatoms. The molecule has 0 bridgehead atoms. The van der Waals surface area contributed by atoms with Crippen LogP contribution < -0.4 is 31.8 Å². The van der Waals surface area contributed by atoms with Crippen molar-refractivity contribution in [2.24, 2.45) is 0 Å². The summed E-state index contributed by atoms with van der Waals surface area (Å²) in [6.07, 6.45) is 0. The Balaban J connectivity index is 0.000000205. The minimum atomic E-state index is -0.446. The Bertz CT molecular complexity index is 1390. The number of benzene rings is 7. The zero-order valence-electron chi connectivity index (χ0n) is 25.4. The average molecular weight is 815 g/mol. The zero-order valence-corrected chi connectivity index (χ0v) is 29.5. The fourth-order valence-electron chi connectivity index (χ4n) is 4.70. The molecule has 0 aromatic heterocycles. The summed E-state index contributed by atoms with van der Waals surface area (Å²) >= 11 is 0. The van der Waals surface area contributed by atoms with Crippen molar-refractivity contribution in [1.29, 1.82) is 0 Å². The Hall–Kier alpha value is -3.95. The van der Waals surface area contributed by atoms with Crippen LogP contribution in [0, 0.1) is 6.07 Å². The molecule has 0 unspecified atom stereocenters. The SMILES string of the molecule is O.[Pt].[c-]1ccccc1.c1ccc(P(c2ccccc2)c2ccccc2)cc1.c1ccc(P(c2ccccc2)c2ccccc2)cc1. The van der Waals surface area contributed by atoms with Crippen LogP contribution in [0.15, 0.2) is 212 Å². The van der Waals surface area contributed by atoms with Gasteiger partial charge in [-0.15, -0.1) is 0 Å². The molecule has 0 fully saturated rings. The smallest absolute Gasteiger partial charge is 0 e. The van der Waals surface area contributed by atoms with E-state index < -0.39 is 15.8 Å². The predicted octanol–water partition coefficient (Wildman–Crippen LogP) is 7.55. The third-order valence-corrected chi connectivity index (χ3v) is 11.6. The van der Waals surface area contributed by atoms with Crippen LogP contribution >= 0.6 is 15.8 Å². The summed E-state index contributed by atoms with van der Waals surface area (Å²) in [6.45, 7) is 0.